The van der Waals surface area contributed by atoms with Gasteiger partial charge >= 0.3 is 10.3 Å². The van der Waals surface area contributed by atoms with Crippen molar-refractivity contribution < 1.29 is 13.0 Å². The third-order valence-electron chi connectivity index (χ3n) is 1.25. The van der Waals surface area contributed by atoms with Crippen LogP contribution in [0.15, 0.2) is 0 Å². The molecule has 1 saturated heterocycles. The molecule has 0 bridgehead atoms. The maximum absolute atomic E-state index is 10.2. The molecule has 10 heavy (non-hydrogen) atoms. The van der Waals surface area contributed by atoms with Gasteiger partial charge in [-0.2, -0.15) is 24.9 Å². The molecule has 0 aromatic carbocycles. The van der Waals surface area contributed by atoms with E-state index in [2.05, 4.69) is 4.72 Å². The fourth-order valence-electron chi connectivity index (χ4n) is 0.838. The highest BCUT2D eigenvalue weighted by Gasteiger charge is 2.19. The predicted octanol–water partition coefficient (Wildman–Crippen LogP) is -0.116. The van der Waals surface area contributed by atoms with Gasteiger partial charge < -0.3 is 0 Å². The van der Waals surface area contributed by atoms with E-state index in [4.69, 9.17) is 4.55 Å². The molecular weight excluding hydrogens is 174 g/mol. The molecule has 1 fully saturated rings. The number of nitrogens with one attached hydrogen (secondary N) is 1. The smallest absolute Gasteiger partial charge is 0.273 e. The van der Waals surface area contributed by atoms with Gasteiger partial charge in [-0.05, 0) is 12.2 Å². The topological polar surface area (TPSA) is 66.4 Å². The highest BCUT2D eigenvalue weighted by Crippen LogP contribution is 2.17. The highest BCUT2D eigenvalue weighted by atomic mass is 32.2. The lowest BCUT2D eigenvalue weighted by Crippen LogP contribution is -2.33. The third kappa shape index (κ3) is 2.87. The fraction of sp³-hybridized carbons (Fsp3) is 1.00. The Balaban J connectivity index is 2.38. The van der Waals surface area contributed by atoms with Crippen molar-refractivity contribution in [1.29, 1.82) is 0 Å². The van der Waals surface area contributed by atoms with Crippen LogP contribution < -0.4 is 4.72 Å². The van der Waals surface area contributed by atoms with Crippen LogP contribution in [0.3, 0.4) is 0 Å². The second kappa shape index (κ2) is 3.08. The minimum Gasteiger partial charge on any atom is -0.273 e. The van der Waals surface area contributed by atoms with Gasteiger partial charge in [-0.1, -0.05) is 0 Å². The molecule has 1 aliphatic heterocycles. The standard InChI is InChI=1S/C4H9NO3S2/c6-10(7,8)5-4-1-2-9-3-4/h4-5H,1-3H2,(H,6,7,8)/t4-/m0/s1. The van der Waals surface area contributed by atoms with Gasteiger partial charge in [-0.15, -0.1) is 0 Å². The minimum atomic E-state index is -3.97. The van der Waals surface area contributed by atoms with Gasteiger partial charge in [-0.25, -0.2) is 0 Å². The fourth-order valence-corrected chi connectivity index (χ4v) is 2.72. The summed E-state index contributed by atoms with van der Waals surface area (Å²) in [6, 6.07) is -0.0694. The summed E-state index contributed by atoms with van der Waals surface area (Å²) in [5.74, 6) is 1.73. The number of hydrogen-bond acceptors (Lipinski definition) is 3. The summed E-state index contributed by atoms with van der Waals surface area (Å²) in [4.78, 5) is 0. The molecule has 4 nitrogen and oxygen atoms in total. The first kappa shape index (κ1) is 8.32. The van der Waals surface area contributed by atoms with Gasteiger partial charge in [0.05, 0.1) is 0 Å². The van der Waals surface area contributed by atoms with Crippen LogP contribution in [0.5, 0.6) is 0 Å². The summed E-state index contributed by atoms with van der Waals surface area (Å²) in [7, 11) is -3.97. The number of rotatable bonds is 2. The summed E-state index contributed by atoms with van der Waals surface area (Å²) in [5.41, 5.74) is 0. The SMILES string of the molecule is O=S(=O)(O)N[C@H]1CCSC1. The molecule has 0 radical (unpaired) electrons. The van der Waals surface area contributed by atoms with E-state index in [-0.39, 0.29) is 6.04 Å². The van der Waals surface area contributed by atoms with Crippen molar-refractivity contribution in [2.75, 3.05) is 11.5 Å². The van der Waals surface area contributed by atoms with E-state index in [1.807, 2.05) is 0 Å². The van der Waals surface area contributed by atoms with Crippen molar-refractivity contribution in [3.05, 3.63) is 0 Å². The monoisotopic (exact) mass is 183 g/mol. The van der Waals surface area contributed by atoms with Crippen LogP contribution >= 0.6 is 11.8 Å². The first-order valence-electron chi connectivity index (χ1n) is 2.90. The Morgan fingerprint density at radius 1 is 1.60 bits per heavy atom. The largest absolute Gasteiger partial charge is 0.333 e. The van der Waals surface area contributed by atoms with Crippen molar-refractivity contribution >= 4 is 22.1 Å². The molecule has 0 amide bonds. The van der Waals surface area contributed by atoms with Crippen LogP contribution in [-0.4, -0.2) is 30.5 Å². The zero-order valence-electron chi connectivity index (χ0n) is 5.28. The molecule has 0 aromatic heterocycles. The summed E-state index contributed by atoms with van der Waals surface area (Å²) in [6.07, 6.45) is 0.810. The lowest BCUT2D eigenvalue weighted by Gasteiger charge is -2.05. The minimum absolute atomic E-state index is 0.0694. The average molecular weight is 183 g/mol. The van der Waals surface area contributed by atoms with Crippen LogP contribution in [0.25, 0.3) is 0 Å². The lowest BCUT2D eigenvalue weighted by atomic mass is 10.3. The molecule has 0 aromatic rings. The molecule has 0 spiro atoms. The van der Waals surface area contributed by atoms with E-state index in [0.29, 0.717) is 0 Å². The molecule has 1 heterocycles. The van der Waals surface area contributed by atoms with Crippen LogP contribution in [-0.2, 0) is 10.3 Å². The molecule has 1 rings (SSSR count). The Hall–Kier alpha value is 0.220. The van der Waals surface area contributed by atoms with Gasteiger partial charge in [0.15, 0.2) is 0 Å². The second-order valence-electron chi connectivity index (χ2n) is 2.15. The van der Waals surface area contributed by atoms with E-state index < -0.39 is 10.3 Å². The van der Waals surface area contributed by atoms with E-state index in [0.717, 1.165) is 17.9 Å². The van der Waals surface area contributed by atoms with E-state index in [1.165, 1.54) is 0 Å². The van der Waals surface area contributed by atoms with Crippen molar-refractivity contribution in [2.45, 2.75) is 12.5 Å². The molecule has 0 saturated carbocycles. The van der Waals surface area contributed by atoms with Gasteiger partial charge in [0.25, 0.3) is 0 Å². The summed E-state index contributed by atoms with van der Waals surface area (Å²) in [6.45, 7) is 0. The lowest BCUT2D eigenvalue weighted by molar-refractivity contribution is 0.456. The van der Waals surface area contributed by atoms with Gasteiger partial charge in [0.2, 0.25) is 0 Å². The Morgan fingerprint density at radius 3 is 2.70 bits per heavy atom. The normalized spacial score (nSPS) is 27.1. The van der Waals surface area contributed by atoms with E-state index in [1.54, 1.807) is 11.8 Å². The Kier molecular flexibility index (Phi) is 2.56. The maximum atomic E-state index is 10.2. The average Bonchev–Trinajstić information content (AvgIpc) is 2.12. The quantitative estimate of drug-likeness (QED) is 0.586. The van der Waals surface area contributed by atoms with Crippen LogP contribution in [0.4, 0.5) is 0 Å². The highest BCUT2D eigenvalue weighted by molar-refractivity contribution is 7.99. The summed E-state index contributed by atoms with van der Waals surface area (Å²) < 4.78 is 30.9. The maximum Gasteiger partial charge on any atom is 0.333 e. The van der Waals surface area contributed by atoms with Crippen molar-refractivity contribution in [3.8, 4) is 0 Å². The van der Waals surface area contributed by atoms with Crippen molar-refractivity contribution in [3.63, 3.8) is 0 Å². The van der Waals surface area contributed by atoms with Gasteiger partial charge in [0.1, 0.15) is 0 Å². The molecule has 6 heteroatoms. The molecule has 60 valence electrons. The van der Waals surface area contributed by atoms with Gasteiger partial charge in [0, 0.05) is 11.8 Å². The predicted molar refractivity (Wildman–Crippen MR) is 40.4 cm³/mol. The van der Waals surface area contributed by atoms with Crippen molar-refractivity contribution in [1.82, 2.24) is 4.72 Å². The molecule has 0 aliphatic carbocycles. The van der Waals surface area contributed by atoms with Crippen molar-refractivity contribution in [2.24, 2.45) is 0 Å². The summed E-state index contributed by atoms with van der Waals surface area (Å²) in [5, 5.41) is 0. The first-order valence-corrected chi connectivity index (χ1v) is 5.50. The number of hydrogen-bond donors (Lipinski definition) is 2. The van der Waals surface area contributed by atoms with E-state index in [9.17, 15) is 8.42 Å². The van der Waals surface area contributed by atoms with E-state index >= 15 is 0 Å². The van der Waals surface area contributed by atoms with Crippen LogP contribution in [0.2, 0.25) is 0 Å². The summed E-state index contributed by atoms with van der Waals surface area (Å²) >= 11 is 1.68. The molecule has 2 N–H and O–H groups in total. The zero-order valence-corrected chi connectivity index (χ0v) is 6.91. The zero-order chi connectivity index (χ0) is 7.61. The Morgan fingerprint density at radius 2 is 2.30 bits per heavy atom. The van der Waals surface area contributed by atoms with Crippen LogP contribution in [0, 0.1) is 0 Å². The second-order valence-corrected chi connectivity index (χ2v) is 4.49. The van der Waals surface area contributed by atoms with Gasteiger partial charge in [-0.3, -0.25) is 4.55 Å². The molecule has 1 aliphatic rings. The Bertz CT molecular complexity index is 195. The van der Waals surface area contributed by atoms with Crippen LogP contribution in [0.1, 0.15) is 6.42 Å². The molecular formula is C4H9NO3S2. The third-order valence-corrected chi connectivity index (χ3v) is 3.04. The molecule has 0 unspecified atom stereocenters. The number of thioether (sulfide) groups is 1. The first-order chi connectivity index (χ1) is 4.58. The molecule has 1 atom stereocenters. The Labute approximate surface area is 64.3 Å².